The van der Waals surface area contributed by atoms with Crippen LogP contribution in [-0.4, -0.2) is 25.2 Å². The van der Waals surface area contributed by atoms with Crippen LogP contribution in [0, 0.1) is 0 Å². The number of hydrogen-bond donors (Lipinski definition) is 1. The zero-order valence-electron chi connectivity index (χ0n) is 21.0. The van der Waals surface area contributed by atoms with Gasteiger partial charge in [0.05, 0.1) is 13.3 Å². The summed E-state index contributed by atoms with van der Waals surface area (Å²) in [5, 5.41) is 4.68. The van der Waals surface area contributed by atoms with E-state index < -0.39 is 5.97 Å². The first-order valence-corrected chi connectivity index (χ1v) is 12.3. The Bertz CT molecular complexity index is 1470. The van der Waals surface area contributed by atoms with Crippen molar-refractivity contribution >= 4 is 35.8 Å². The summed E-state index contributed by atoms with van der Waals surface area (Å²) in [5.74, 6) is 0.333. The van der Waals surface area contributed by atoms with Gasteiger partial charge >= 0.3 is 5.97 Å². The molecule has 4 aromatic carbocycles. The molecule has 0 saturated heterocycles. The Morgan fingerprint density at radius 3 is 2.33 bits per heavy atom. The van der Waals surface area contributed by atoms with Gasteiger partial charge in [-0.2, -0.15) is 5.10 Å². The van der Waals surface area contributed by atoms with Crippen LogP contribution in [0.1, 0.15) is 27.0 Å². The second kappa shape index (κ2) is 13.6. The van der Waals surface area contributed by atoms with Crippen LogP contribution in [-0.2, 0) is 11.4 Å². The lowest BCUT2D eigenvalue weighted by atomic mass is 10.2. The number of ether oxygens (including phenoxy) is 3. The maximum atomic E-state index is 12.5. The summed E-state index contributed by atoms with van der Waals surface area (Å²) in [6.45, 7) is 0.388. The number of nitrogens with zero attached hydrogens (tertiary/aromatic N) is 1. The van der Waals surface area contributed by atoms with Gasteiger partial charge in [0, 0.05) is 16.7 Å². The van der Waals surface area contributed by atoms with Crippen LogP contribution >= 0.6 is 11.6 Å². The van der Waals surface area contributed by atoms with Gasteiger partial charge in [-0.15, -0.1) is 0 Å². The Hall–Kier alpha value is -4.88. The van der Waals surface area contributed by atoms with Gasteiger partial charge in [-0.1, -0.05) is 54.1 Å². The van der Waals surface area contributed by atoms with E-state index in [0.29, 0.717) is 34.3 Å². The van der Waals surface area contributed by atoms with E-state index in [2.05, 4.69) is 10.5 Å². The monoisotopic (exact) mass is 540 g/mol. The number of carbonyl (C=O) groups is 2. The summed E-state index contributed by atoms with van der Waals surface area (Å²) in [7, 11) is 1.47. The number of rotatable bonds is 10. The molecule has 0 saturated carbocycles. The summed E-state index contributed by atoms with van der Waals surface area (Å²) < 4.78 is 16.5. The second-order valence-electron chi connectivity index (χ2n) is 8.21. The van der Waals surface area contributed by atoms with Crippen LogP contribution in [0.3, 0.4) is 0 Å². The first-order valence-electron chi connectivity index (χ1n) is 11.9. The van der Waals surface area contributed by atoms with Gasteiger partial charge < -0.3 is 14.2 Å². The quantitative estimate of drug-likeness (QED) is 0.0837. The molecule has 0 aromatic heterocycles. The molecule has 0 spiro atoms. The van der Waals surface area contributed by atoms with Gasteiger partial charge in [0.1, 0.15) is 12.4 Å². The smallest absolute Gasteiger partial charge is 0.336 e. The molecule has 196 valence electrons. The van der Waals surface area contributed by atoms with Gasteiger partial charge in [-0.25, -0.2) is 10.2 Å². The zero-order valence-corrected chi connectivity index (χ0v) is 21.8. The molecule has 0 heterocycles. The Morgan fingerprint density at radius 2 is 1.62 bits per heavy atom. The Morgan fingerprint density at radius 1 is 0.872 bits per heavy atom. The van der Waals surface area contributed by atoms with E-state index in [1.54, 1.807) is 60.7 Å². The van der Waals surface area contributed by atoms with E-state index in [1.807, 2.05) is 42.5 Å². The van der Waals surface area contributed by atoms with Crippen molar-refractivity contribution in [1.82, 2.24) is 5.43 Å². The molecule has 7 nitrogen and oxygen atoms in total. The number of nitrogens with one attached hydrogen (secondary N) is 1. The molecule has 8 heteroatoms. The maximum Gasteiger partial charge on any atom is 0.336 e. The van der Waals surface area contributed by atoms with E-state index in [4.69, 9.17) is 25.8 Å². The molecule has 0 atom stereocenters. The van der Waals surface area contributed by atoms with E-state index in [-0.39, 0.29) is 11.7 Å². The zero-order chi connectivity index (χ0) is 27.5. The number of esters is 1. The highest BCUT2D eigenvalue weighted by atomic mass is 35.5. The number of methoxy groups -OCH3 is 1. The van der Waals surface area contributed by atoms with Crippen molar-refractivity contribution in [3.63, 3.8) is 0 Å². The van der Waals surface area contributed by atoms with E-state index in [0.717, 1.165) is 11.1 Å². The van der Waals surface area contributed by atoms with Crippen molar-refractivity contribution in [2.45, 2.75) is 6.61 Å². The van der Waals surface area contributed by atoms with E-state index >= 15 is 0 Å². The van der Waals surface area contributed by atoms with Gasteiger partial charge in [0.25, 0.3) is 5.91 Å². The Balaban J connectivity index is 1.29. The highest BCUT2D eigenvalue weighted by Crippen LogP contribution is 2.28. The Labute approximate surface area is 231 Å². The SMILES string of the molecule is COc1cc(C=NNC(=O)c2ccc(OCc3ccc(Cl)cc3)cc2)ccc1OC(=O)C=Cc1ccccc1. The average Bonchev–Trinajstić information content (AvgIpc) is 2.97. The third-order valence-corrected chi connectivity index (χ3v) is 5.68. The minimum atomic E-state index is -0.535. The summed E-state index contributed by atoms with van der Waals surface area (Å²) in [6.07, 6.45) is 4.48. The largest absolute Gasteiger partial charge is 0.493 e. The van der Waals surface area contributed by atoms with Crippen molar-refractivity contribution in [2.75, 3.05) is 7.11 Å². The number of amides is 1. The highest BCUT2D eigenvalue weighted by Gasteiger charge is 2.09. The van der Waals surface area contributed by atoms with Crippen LogP contribution in [0.5, 0.6) is 17.2 Å². The molecule has 0 bridgehead atoms. The van der Waals surface area contributed by atoms with E-state index in [9.17, 15) is 9.59 Å². The van der Waals surface area contributed by atoms with Crippen molar-refractivity contribution in [3.05, 3.63) is 130 Å². The van der Waals surface area contributed by atoms with Gasteiger partial charge in [-0.05, 0) is 77.4 Å². The van der Waals surface area contributed by atoms with Gasteiger partial charge in [0.2, 0.25) is 0 Å². The van der Waals surface area contributed by atoms with Crippen LogP contribution in [0.4, 0.5) is 0 Å². The lowest BCUT2D eigenvalue weighted by molar-refractivity contribution is -0.129. The van der Waals surface area contributed by atoms with Crippen molar-refractivity contribution < 1.29 is 23.8 Å². The van der Waals surface area contributed by atoms with Crippen LogP contribution in [0.15, 0.2) is 108 Å². The normalized spacial score (nSPS) is 10.9. The number of benzene rings is 4. The molecule has 0 aliphatic carbocycles. The third-order valence-electron chi connectivity index (χ3n) is 5.42. The maximum absolute atomic E-state index is 12.5. The molecule has 0 aliphatic heterocycles. The molecule has 1 N–H and O–H groups in total. The number of halogens is 1. The van der Waals surface area contributed by atoms with Crippen molar-refractivity contribution in [1.29, 1.82) is 0 Å². The molecule has 0 aliphatic rings. The topological polar surface area (TPSA) is 86.2 Å². The predicted octanol–water partition coefficient (Wildman–Crippen LogP) is 6.31. The Kier molecular flexibility index (Phi) is 9.47. The third kappa shape index (κ3) is 8.31. The number of hydrogen-bond acceptors (Lipinski definition) is 6. The molecule has 4 aromatic rings. The van der Waals surface area contributed by atoms with Gasteiger partial charge in [0.15, 0.2) is 11.5 Å². The van der Waals surface area contributed by atoms with Crippen LogP contribution in [0.2, 0.25) is 5.02 Å². The summed E-state index contributed by atoms with van der Waals surface area (Å²) in [5.41, 5.74) is 5.42. The standard InChI is InChI=1S/C31H25ClN2O5/c1-37-29-19-24(9-17-28(29)39-30(35)18-10-22-5-3-2-4-6-22)20-33-34-31(36)25-11-15-27(16-12-25)38-21-23-7-13-26(32)14-8-23/h2-20H,21H2,1H3,(H,34,36). The fraction of sp³-hybridized carbons (Fsp3) is 0.0645. The molecule has 0 radical (unpaired) electrons. The van der Waals surface area contributed by atoms with Crippen molar-refractivity contribution in [3.8, 4) is 17.2 Å². The molecule has 0 unspecified atom stereocenters. The molecule has 0 fully saturated rings. The van der Waals surface area contributed by atoms with E-state index in [1.165, 1.54) is 19.4 Å². The number of carbonyl (C=O) groups excluding carboxylic acids is 2. The lowest BCUT2D eigenvalue weighted by Crippen LogP contribution is -2.17. The average molecular weight is 541 g/mol. The first-order chi connectivity index (χ1) is 19.0. The summed E-state index contributed by atoms with van der Waals surface area (Å²) in [4.78, 5) is 24.7. The van der Waals surface area contributed by atoms with Crippen LogP contribution < -0.4 is 19.6 Å². The fourth-order valence-electron chi connectivity index (χ4n) is 3.40. The second-order valence-corrected chi connectivity index (χ2v) is 8.65. The highest BCUT2D eigenvalue weighted by molar-refractivity contribution is 6.30. The molecular formula is C31H25ClN2O5. The first kappa shape index (κ1) is 27.2. The summed E-state index contributed by atoms with van der Waals surface area (Å²) >= 11 is 5.90. The minimum absolute atomic E-state index is 0.264. The molecule has 4 rings (SSSR count). The fourth-order valence-corrected chi connectivity index (χ4v) is 3.53. The van der Waals surface area contributed by atoms with Crippen molar-refractivity contribution in [2.24, 2.45) is 5.10 Å². The summed E-state index contributed by atoms with van der Waals surface area (Å²) in [6, 6.07) is 28.5. The lowest BCUT2D eigenvalue weighted by Gasteiger charge is -2.08. The number of hydrazone groups is 1. The molecule has 39 heavy (non-hydrogen) atoms. The molecular weight excluding hydrogens is 516 g/mol. The van der Waals surface area contributed by atoms with Gasteiger partial charge in [-0.3, -0.25) is 4.79 Å². The van der Waals surface area contributed by atoms with Crippen LogP contribution in [0.25, 0.3) is 6.08 Å². The predicted molar refractivity (Wildman–Crippen MR) is 151 cm³/mol. The molecule has 1 amide bonds. The minimum Gasteiger partial charge on any atom is -0.493 e.